The fourth-order valence-corrected chi connectivity index (χ4v) is 4.41. The van der Waals surface area contributed by atoms with Gasteiger partial charge in [0.2, 0.25) is 10.7 Å². The standard InChI is InChI=1S/C21H24BrN5OS/c1-15-13-17(9-10-18(15)22)23-19(28)14-26-21(29)27(25-11-5-6-12-25)20(24-26)16-7-3-2-4-8-16/h5-6,9-13,16H,2-4,7-8,14H2,1H3,(H,23,28). The molecule has 0 saturated heterocycles. The summed E-state index contributed by atoms with van der Waals surface area (Å²) in [5.41, 5.74) is 1.83. The number of rotatable bonds is 5. The van der Waals surface area contributed by atoms with Crippen LogP contribution < -0.4 is 5.32 Å². The highest BCUT2D eigenvalue weighted by Gasteiger charge is 2.24. The molecule has 6 nitrogen and oxygen atoms in total. The summed E-state index contributed by atoms with van der Waals surface area (Å²) in [7, 11) is 0. The first-order valence-electron chi connectivity index (χ1n) is 9.92. The molecule has 1 amide bonds. The molecule has 2 heterocycles. The second-order valence-electron chi connectivity index (χ2n) is 7.52. The van der Waals surface area contributed by atoms with Crippen LogP contribution in [0.2, 0.25) is 0 Å². The van der Waals surface area contributed by atoms with Crippen LogP contribution in [0.25, 0.3) is 0 Å². The third-order valence-electron chi connectivity index (χ3n) is 5.37. The second-order valence-corrected chi connectivity index (χ2v) is 8.74. The Morgan fingerprint density at radius 3 is 2.66 bits per heavy atom. The van der Waals surface area contributed by atoms with E-state index in [1.165, 1.54) is 19.3 Å². The van der Waals surface area contributed by atoms with E-state index in [1.807, 2.05) is 59.0 Å². The first kappa shape index (κ1) is 20.1. The summed E-state index contributed by atoms with van der Waals surface area (Å²) < 4.78 is 7.10. The average molecular weight is 474 g/mol. The number of benzene rings is 1. The van der Waals surface area contributed by atoms with Crippen molar-refractivity contribution in [2.45, 2.75) is 51.5 Å². The summed E-state index contributed by atoms with van der Waals surface area (Å²) in [6.45, 7) is 2.08. The summed E-state index contributed by atoms with van der Waals surface area (Å²) in [6, 6.07) is 9.67. The quantitative estimate of drug-likeness (QED) is 0.512. The van der Waals surface area contributed by atoms with Crippen LogP contribution in [-0.2, 0) is 11.3 Å². The van der Waals surface area contributed by atoms with Gasteiger partial charge in [-0.2, -0.15) is 5.10 Å². The van der Waals surface area contributed by atoms with Gasteiger partial charge < -0.3 is 5.32 Å². The fraction of sp³-hybridized carbons (Fsp3) is 0.381. The number of carbonyl (C=O) groups excluding carboxylic acids is 1. The third kappa shape index (κ3) is 4.38. The van der Waals surface area contributed by atoms with E-state index in [9.17, 15) is 4.79 Å². The number of nitrogens with zero attached hydrogens (tertiary/aromatic N) is 4. The minimum atomic E-state index is -0.143. The number of hydrogen-bond acceptors (Lipinski definition) is 3. The topological polar surface area (TPSA) is 56.8 Å². The van der Waals surface area contributed by atoms with Gasteiger partial charge in [-0.1, -0.05) is 35.2 Å². The molecule has 1 fully saturated rings. The highest BCUT2D eigenvalue weighted by molar-refractivity contribution is 9.10. The molecule has 1 saturated carbocycles. The molecule has 0 atom stereocenters. The van der Waals surface area contributed by atoms with Crippen molar-refractivity contribution in [2.24, 2.45) is 0 Å². The summed E-state index contributed by atoms with van der Waals surface area (Å²) in [6.07, 6.45) is 9.82. The predicted molar refractivity (Wildman–Crippen MR) is 120 cm³/mol. The van der Waals surface area contributed by atoms with Crippen LogP contribution >= 0.6 is 28.1 Å². The van der Waals surface area contributed by atoms with E-state index in [1.54, 1.807) is 4.68 Å². The summed E-state index contributed by atoms with van der Waals surface area (Å²) in [5.74, 6) is 1.17. The van der Waals surface area contributed by atoms with Crippen molar-refractivity contribution in [3.63, 3.8) is 0 Å². The van der Waals surface area contributed by atoms with Crippen molar-refractivity contribution >= 4 is 39.7 Å². The van der Waals surface area contributed by atoms with E-state index in [0.29, 0.717) is 10.7 Å². The molecule has 0 spiro atoms. The summed E-state index contributed by atoms with van der Waals surface area (Å²) in [5, 5.41) is 7.73. The van der Waals surface area contributed by atoms with Gasteiger partial charge in [0, 0.05) is 28.5 Å². The Labute approximate surface area is 183 Å². The molecule has 2 aromatic heterocycles. The van der Waals surface area contributed by atoms with E-state index in [-0.39, 0.29) is 12.5 Å². The normalized spacial score (nSPS) is 14.8. The van der Waals surface area contributed by atoms with E-state index in [2.05, 4.69) is 21.2 Å². The smallest absolute Gasteiger partial charge is 0.246 e. The lowest BCUT2D eigenvalue weighted by Gasteiger charge is -2.21. The first-order valence-corrected chi connectivity index (χ1v) is 11.1. The maximum absolute atomic E-state index is 12.7. The van der Waals surface area contributed by atoms with Gasteiger partial charge in [0.25, 0.3) is 0 Å². The van der Waals surface area contributed by atoms with Gasteiger partial charge in [-0.15, -0.1) is 0 Å². The maximum atomic E-state index is 12.7. The molecule has 152 valence electrons. The number of anilines is 1. The van der Waals surface area contributed by atoms with Crippen LogP contribution in [0.1, 0.15) is 49.4 Å². The third-order valence-corrected chi connectivity index (χ3v) is 6.64. The lowest BCUT2D eigenvalue weighted by atomic mass is 9.89. The molecule has 0 unspecified atom stereocenters. The predicted octanol–water partition coefficient (Wildman–Crippen LogP) is 5.28. The Morgan fingerprint density at radius 2 is 1.97 bits per heavy atom. The Kier molecular flexibility index (Phi) is 6.01. The zero-order valence-electron chi connectivity index (χ0n) is 16.3. The van der Waals surface area contributed by atoms with Crippen LogP contribution in [0.4, 0.5) is 5.69 Å². The molecule has 29 heavy (non-hydrogen) atoms. The number of carbonyl (C=O) groups is 1. The molecule has 1 aliphatic carbocycles. The molecule has 1 N–H and O–H groups in total. The number of aromatic nitrogens is 4. The van der Waals surface area contributed by atoms with E-state index >= 15 is 0 Å². The SMILES string of the molecule is Cc1cc(NC(=O)Cn2nc(C3CCCCC3)n(-n3cccc3)c2=S)ccc1Br. The monoisotopic (exact) mass is 473 g/mol. The van der Waals surface area contributed by atoms with Crippen LogP contribution in [0, 0.1) is 11.7 Å². The van der Waals surface area contributed by atoms with Crippen molar-refractivity contribution in [2.75, 3.05) is 5.32 Å². The molecule has 4 rings (SSSR count). The number of hydrogen-bond donors (Lipinski definition) is 1. The van der Waals surface area contributed by atoms with Gasteiger partial charge in [-0.05, 0) is 67.9 Å². The Hall–Kier alpha value is -2.19. The molecule has 1 aromatic carbocycles. The largest absolute Gasteiger partial charge is 0.324 e. The second kappa shape index (κ2) is 8.67. The Balaban J connectivity index is 1.60. The molecular formula is C21H24BrN5OS. The van der Waals surface area contributed by atoms with E-state index < -0.39 is 0 Å². The Morgan fingerprint density at radius 1 is 1.24 bits per heavy atom. The average Bonchev–Trinajstić information content (AvgIpc) is 3.34. The van der Waals surface area contributed by atoms with Crippen molar-refractivity contribution in [3.05, 3.63) is 63.4 Å². The number of halogens is 1. The van der Waals surface area contributed by atoms with Crippen LogP contribution in [0.5, 0.6) is 0 Å². The van der Waals surface area contributed by atoms with Gasteiger partial charge in [-0.25, -0.2) is 9.36 Å². The number of amides is 1. The van der Waals surface area contributed by atoms with Gasteiger partial charge in [0.1, 0.15) is 6.54 Å². The van der Waals surface area contributed by atoms with Gasteiger partial charge in [0.15, 0.2) is 5.82 Å². The molecular weight excluding hydrogens is 450 g/mol. The highest BCUT2D eigenvalue weighted by Crippen LogP contribution is 2.32. The maximum Gasteiger partial charge on any atom is 0.246 e. The first-order chi connectivity index (χ1) is 14.0. The minimum Gasteiger partial charge on any atom is -0.324 e. The molecule has 0 radical (unpaired) electrons. The van der Waals surface area contributed by atoms with Gasteiger partial charge >= 0.3 is 0 Å². The van der Waals surface area contributed by atoms with Crippen LogP contribution in [0.3, 0.4) is 0 Å². The van der Waals surface area contributed by atoms with Crippen molar-refractivity contribution in [3.8, 4) is 0 Å². The summed E-state index contributed by atoms with van der Waals surface area (Å²) in [4.78, 5) is 12.7. The van der Waals surface area contributed by atoms with Crippen molar-refractivity contribution < 1.29 is 4.79 Å². The van der Waals surface area contributed by atoms with Crippen LogP contribution in [-0.4, -0.2) is 25.0 Å². The lowest BCUT2D eigenvalue weighted by Crippen LogP contribution is -2.20. The van der Waals surface area contributed by atoms with Crippen LogP contribution in [0.15, 0.2) is 47.2 Å². The zero-order valence-corrected chi connectivity index (χ0v) is 18.7. The van der Waals surface area contributed by atoms with E-state index in [0.717, 1.165) is 34.4 Å². The lowest BCUT2D eigenvalue weighted by molar-refractivity contribution is -0.116. The highest BCUT2D eigenvalue weighted by atomic mass is 79.9. The summed E-state index contributed by atoms with van der Waals surface area (Å²) >= 11 is 9.19. The molecule has 0 bridgehead atoms. The molecule has 3 aromatic rings. The Bertz CT molecular complexity index is 1060. The van der Waals surface area contributed by atoms with Gasteiger partial charge in [-0.3, -0.25) is 9.47 Å². The molecule has 8 heteroatoms. The zero-order chi connectivity index (χ0) is 20.4. The van der Waals surface area contributed by atoms with Gasteiger partial charge in [0.05, 0.1) is 0 Å². The molecule has 0 aliphatic heterocycles. The number of aryl methyl sites for hydroxylation is 1. The minimum absolute atomic E-state index is 0.0853. The fourth-order valence-electron chi connectivity index (χ4n) is 3.87. The van der Waals surface area contributed by atoms with Crippen molar-refractivity contribution in [1.29, 1.82) is 0 Å². The molecule has 1 aliphatic rings. The van der Waals surface area contributed by atoms with Crippen molar-refractivity contribution in [1.82, 2.24) is 19.1 Å². The van der Waals surface area contributed by atoms with E-state index in [4.69, 9.17) is 17.3 Å². The number of nitrogens with one attached hydrogen (secondary N) is 1.